The Morgan fingerprint density at radius 1 is 1.38 bits per heavy atom. The maximum atomic E-state index is 11.5. The van der Waals surface area contributed by atoms with Crippen molar-refractivity contribution >= 4 is 34.6 Å². The molecule has 0 aliphatic carbocycles. The number of anilines is 3. The molecule has 0 unspecified atom stereocenters. The predicted molar refractivity (Wildman–Crippen MR) is 83.6 cm³/mol. The molecule has 0 aromatic heterocycles. The van der Waals surface area contributed by atoms with E-state index in [1.54, 1.807) is 12.1 Å². The average Bonchev–Trinajstić information content (AvgIpc) is 2.41. The minimum atomic E-state index is -0.655. The number of carbonyl (C=O) groups is 1. The Hall–Kier alpha value is -2.71. The van der Waals surface area contributed by atoms with Gasteiger partial charge < -0.3 is 16.8 Å². The molecule has 2 aromatic rings. The van der Waals surface area contributed by atoms with Crippen molar-refractivity contribution in [2.24, 2.45) is 5.73 Å². The topological polar surface area (TPSA) is 105 Å². The van der Waals surface area contributed by atoms with Crippen molar-refractivity contribution in [2.45, 2.75) is 6.92 Å². The molecule has 0 fully saturated rings. The molecule has 0 saturated heterocycles. The molecule has 1 amide bonds. The van der Waals surface area contributed by atoms with Crippen molar-refractivity contribution in [1.82, 2.24) is 0 Å². The summed E-state index contributed by atoms with van der Waals surface area (Å²) >= 11 is 6.13. The Morgan fingerprint density at radius 3 is 2.71 bits per heavy atom. The van der Waals surface area contributed by atoms with Gasteiger partial charge in [0.2, 0.25) is 0 Å². The van der Waals surface area contributed by atoms with E-state index in [-0.39, 0.29) is 10.6 Å². The van der Waals surface area contributed by atoms with E-state index in [0.717, 1.165) is 5.56 Å². The summed E-state index contributed by atoms with van der Waals surface area (Å²) in [5, 5.41) is 12.5. The fourth-order valence-electron chi connectivity index (χ4n) is 2.00. The van der Waals surface area contributed by atoms with E-state index in [1.807, 2.05) is 13.0 Å². The first-order valence-corrected chi connectivity index (χ1v) is 6.47. The fourth-order valence-corrected chi connectivity index (χ4v) is 2.28. The third kappa shape index (κ3) is 2.91. The van der Waals surface area contributed by atoms with Gasteiger partial charge in [0.05, 0.1) is 27.5 Å². The largest absolute Gasteiger partial charge is 0.399 e. The van der Waals surface area contributed by atoms with Gasteiger partial charge in [0.25, 0.3) is 5.91 Å². The highest BCUT2D eigenvalue weighted by Gasteiger charge is 2.15. The second-order valence-corrected chi connectivity index (χ2v) is 4.93. The van der Waals surface area contributed by atoms with Crippen LogP contribution in [0.1, 0.15) is 21.5 Å². The fraction of sp³-hybridized carbons (Fsp3) is 0.0667. The maximum Gasteiger partial charge on any atom is 0.250 e. The van der Waals surface area contributed by atoms with Crippen LogP contribution in [0.5, 0.6) is 0 Å². The first-order chi connectivity index (χ1) is 9.93. The molecule has 6 heteroatoms. The number of carbonyl (C=O) groups excluding carboxylic acids is 1. The highest BCUT2D eigenvalue weighted by molar-refractivity contribution is 6.34. The zero-order valence-corrected chi connectivity index (χ0v) is 12.0. The molecule has 2 aromatic carbocycles. The summed E-state index contributed by atoms with van der Waals surface area (Å²) < 4.78 is 0. The summed E-state index contributed by atoms with van der Waals surface area (Å²) in [6.07, 6.45) is 0. The number of nitrogens with zero attached hydrogens (tertiary/aromatic N) is 1. The number of amides is 1. The lowest BCUT2D eigenvalue weighted by atomic mass is 10.1. The van der Waals surface area contributed by atoms with Gasteiger partial charge in [-0.05, 0) is 30.7 Å². The third-order valence-electron chi connectivity index (χ3n) is 3.02. The van der Waals surface area contributed by atoms with E-state index in [9.17, 15) is 10.1 Å². The van der Waals surface area contributed by atoms with Crippen LogP contribution < -0.4 is 16.8 Å². The Balaban J connectivity index is 2.58. The molecule has 5 N–H and O–H groups in total. The SMILES string of the molecule is Cc1cccc(Nc2c(Cl)cc(N)cc2C(N)=O)c1C#N. The summed E-state index contributed by atoms with van der Waals surface area (Å²) in [5.74, 6) is -0.655. The summed E-state index contributed by atoms with van der Waals surface area (Å²) in [6.45, 7) is 1.82. The quantitative estimate of drug-likeness (QED) is 0.758. The van der Waals surface area contributed by atoms with Crippen LogP contribution in [-0.4, -0.2) is 5.91 Å². The number of hydrogen-bond donors (Lipinski definition) is 3. The van der Waals surface area contributed by atoms with Crippen LogP contribution in [0.15, 0.2) is 30.3 Å². The van der Waals surface area contributed by atoms with Gasteiger partial charge in [-0.15, -0.1) is 0 Å². The average molecular weight is 301 g/mol. The van der Waals surface area contributed by atoms with E-state index >= 15 is 0 Å². The smallest absolute Gasteiger partial charge is 0.250 e. The van der Waals surface area contributed by atoms with Crippen LogP contribution in [0.25, 0.3) is 0 Å². The van der Waals surface area contributed by atoms with E-state index < -0.39 is 5.91 Å². The van der Waals surface area contributed by atoms with Crippen molar-refractivity contribution in [3.63, 3.8) is 0 Å². The Kier molecular flexibility index (Phi) is 4.01. The van der Waals surface area contributed by atoms with E-state index in [1.165, 1.54) is 12.1 Å². The molecule has 5 nitrogen and oxygen atoms in total. The van der Waals surface area contributed by atoms with Gasteiger partial charge in [0.1, 0.15) is 6.07 Å². The van der Waals surface area contributed by atoms with Crippen molar-refractivity contribution in [3.8, 4) is 6.07 Å². The zero-order valence-electron chi connectivity index (χ0n) is 11.3. The molecular formula is C15H13ClN4O. The molecule has 2 rings (SSSR count). The normalized spacial score (nSPS) is 9.95. The van der Waals surface area contributed by atoms with Crippen LogP contribution >= 0.6 is 11.6 Å². The molecule has 21 heavy (non-hydrogen) atoms. The molecular weight excluding hydrogens is 288 g/mol. The van der Waals surface area contributed by atoms with Crippen LogP contribution in [-0.2, 0) is 0 Å². The number of nitriles is 1. The van der Waals surface area contributed by atoms with Gasteiger partial charge in [0, 0.05) is 5.69 Å². The number of aryl methyl sites for hydroxylation is 1. The highest BCUT2D eigenvalue weighted by atomic mass is 35.5. The van der Waals surface area contributed by atoms with E-state index in [0.29, 0.717) is 22.6 Å². The molecule has 0 aliphatic rings. The third-order valence-corrected chi connectivity index (χ3v) is 3.32. The van der Waals surface area contributed by atoms with Crippen molar-refractivity contribution < 1.29 is 4.79 Å². The maximum absolute atomic E-state index is 11.5. The lowest BCUT2D eigenvalue weighted by Crippen LogP contribution is -2.14. The summed E-state index contributed by atoms with van der Waals surface area (Å²) in [7, 11) is 0. The number of rotatable bonds is 3. The minimum absolute atomic E-state index is 0.172. The van der Waals surface area contributed by atoms with Gasteiger partial charge >= 0.3 is 0 Å². The van der Waals surface area contributed by atoms with Crippen LogP contribution in [0.4, 0.5) is 17.1 Å². The summed E-state index contributed by atoms with van der Waals surface area (Å²) in [4.78, 5) is 11.5. The molecule has 0 radical (unpaired) electrons. The number of halogens is 1. The van der Waals surface area contributed by atoms with Crippen molar-refractivity contribution in [2.75, 3.05) is 11.1 Å². The van der Waals surface area contributed by atoms with E-state index in [2.05, 4.69) is 11.4 Å². The van der Waals surface area contributed by atoms with Gasteiger partial charge in [-0.1, -0.05) is 23.7 Å². The standard InChI is InChI=1S/C15H13ClN4O/c1-8-3-2-4-13(11(8)7-17)20-14-10(15(19)21)5-9(18)6-12(14)16/h2-6,20H,18H2,1H3,(H2,19,21). The Bertz CT molecular complexity index is 765. The Morgan fingerprint density at radius 2 is 2.10 bits per heavy atom. The molecule has 0 spiro atoms. The first-order valence-electron chi connectivity index (χ1n) is 6.09. The van der Waals surface area contributed by atoms with Crippen LogP contribution in [0.3, 0.4) is 0 Å². The van der Waals surface area contributed by atoms with Crippen LogP contribution in [0.2, 0.25) is 5.02 Å². The lowest BCUT2D eigenvalue weighted by molar-refractivity contribution is 0.100. The number of nitrogens with two attached hydrogens (primary N) is 2. The molecule has 0 bridgehead atoms. The number of benzene rings is 2. The second-order valence-electron chi connectivity index (χ2n) is 4.52. The van der Waals surface area contributed by atoms with Gasteiger partial charge in [-0.2, -0.15) is 5.26 Å². The summed E-state index contributed by atoms with van der Waals surface area (Å²) in [6, 6.07) is 10.4. The predicted octanol–water partition coefficient (Wildman–Crippen LogP) is 2.94. The molecule has 106 valence electrons. The zero-order chi connectivity index (χ0) is 15.6. The second kappa shape index (κ2) is 5.73. The highest BCUT2D eigenvalue weighted by Crippen LogP contribution is 2.33. The van der Waals surface area contributed by atoms with Gasteiger partial charge in [0.15, 0.2) is 0 Å². The number of primary amides is 1. The Labute approximate surface area is 127 Å². The monoisotopic (exact) mass is 300 g/mol. The molecule has 0 atom stereocenters. The minimum Gasteiger partial charge on any atom is -0.399 e. The molecule has 0 aliphatic heterocycles. The van der Waals surface area contributed by atoms with Crippen LogP contribution in [0, 0.1) is 18.3 Å². The van der Waals surface area contributed by atoms with Crippen molar-refractivity contribution in [1.29, 1.82) is 5.26 Å². The van der Waals surface area contributed by atoms with E-state index in [4.69, 9.17) is 23.1 Å². The van der Waals surface area contributed by atoms with Gasteiger partial charge in [-0.3, -0.25) is 4.79 Å². The number of nitrogen functional groups attached to an aromatic ring is 1. The molecule has 0 saturated carbocycles. The van der Waals surface area contributed by atoms with Crippen molar-refractivity contribution in [3.05, 3.63) is 52.0 Å². The van der Waals surface area contributed by atoms with Gasteiger partial charge in [-0.25, -0.2) is 0 Å². The summed E-state index contributed by atoms with van der Waals surface area (Å²) in [5.41, 5.74) is 13.7. The number of nitrogens with one attached hydrogen (secondary N) is 1. The first kappa shape index (κ1) is 14.7. The number of hydrogen-bond acceptors (Lipinski definition) is 4. The lowest BCUT2D eigenvalue weighted by Gasteiger charge is -2.15. The molecule has 0 heterocycles.